The molecule has 0 fully saturated rings. The fourth-order valence-electron chi connectivity index (χ4n) is 3.74. The number of carbonyl (C=O) groups excluding carboxylic acids is 3. The van der Waals surface area contributed by atoms with Crippen molar-refractivity contribution in [2.24, 2.45) is 0 Å². The zero-order valence-corrected chi connectivity index (χ0v) is 23.0. The number of rotatable bonds is 10. The van der Waals surface area contributed by atoms with Gasteiger partial charge in [-0.1, -0.05) is 42.5 Å². The molecular weight excluding hydrogens is 522 g/mol. The van der Waals surface area contributed by atoms with E-state index in [0.717, 1.165) is 16.1 Å². The van der Waals surface area contributed by atoms with Gasteiger partial charge in [-0.3, -0.25) is 14.4 Å². The number of amides is 3. The van der Waals surface area contributed by atoms with Crippen LogP contribution in [0.2, 0.25) is 0 Å². The van der Waals surface area contributed by atoms with Crippen molar-refractivity contribution in [1.29, 1.82) is 0 Å². The molecule has 0 unspecified atom stereocenters. The Bertz CT molecular complexity index is 1520. The summed E-state index contributed by atoms with van der Waals surface area (Å²) in [6.07, 6.45) is 1.59. The zero-order valence-electron chi connectivity index (χ0n) is 22.1. The van der Waals surface area contributed by atoms with Gasteiger partial charge in [0.1, 0.15) is 11.4 Å². The molecule has 4 aromatic carbocycles. The number of hydrogen-bond donors (Lipinski definition) is 3. The molecule has 0 aliphatic heterocycles. The van der Waals surface area contributed by atoms with Crippen molar-refractivity contribution >= 4 is 46.9 Å². The van der Waals surface area contributed by atoms with Crippen molar-refractivity contribution in [3.63, 3.8) is 0 Å². The summed E-state index contributed by atoms with van der Waals surface area (Å²) in [4.78, 5) is 39.3. The maximum Gasteiger partial charge on any atom is 0.272 e. The first-order valence-corrected chi connectivity index (χ1v) is 13.5. The normalized spacial score (nSPS) is 10.9. The van der Waals surface area contributed by atoms with Crippen LogP contribution in [0.15, 0.2) is 114 Å². The fraction of sp³-hybridized carbons (Fsp3) is 0.0938. The van der Waals surface area contributed by atoms with Crippen LogP contribution in [0, 0.1) is 6.92 Å². The lowest BCUT2D eigenvalue weighted by molar-refractivity contribution is -0.114. The molecule has 8 heteroatoms. The number of methoxy groups -OCH3 is 1. The van der Waals surface area contributed by atoms with Gasteiger partial charge in [-0.2, -0.15) is 0 Å². The number of hydrogen-bond acceptors (Lipinski definition) is 5. The molecule has 0 atom stereocenters. The van der Waals surface area contributed by atoms with Gasteiger partial charge in [-0.15, -0.1) is 11.8 Å². The Morgan fingerprint density at radius 1 is 0.800 bits per heavy atom. The molecule has 40 heavy (non-hydrogen) atoms. The van der Waals surface area contributed by atoms with Gasteiger partial charge >= 0.3 is 0 Å². The summed E-state index contributed by atoms with van der Waals surface area (Å²) in [6, 6.07) is 30.6. The van der Waals surface area contributed by atoms with Crippen LogP contribution in [0.5, 0.6) is 5.75 Å². The first-order chi connectivity index (χ1) is 19.4. The van der Waals surface area contributed by atoms with Crippen LogP contribution in [-0.2, 0) is 9.59 Å². The highest BCUT2D eigenvalue weighted by Gasteiger charge is 2.15. The summed E-state index contributed by atoms with van der Waals surface area (Å²) < 4.78 is 5.28. The first kappa shape index (κ1) is 28.2. The van der Waals surface area contributed by atoms with Crippen LogP contribution >= 0.6 is 11.8 Å². The van der Waals surface area contributed by atoms with Crippen LogP contribution in [0.4, 0.5) is 11.4 Å². The second kappa shape index (κ2) is 13.8. The van der Waals surface area contributed by atoms with E-state index in [0.29, 0.717) is 22.6 Å². The quantitative estimate of drug-likeness (QED) is 0.162. The monoisotopic (exact) mass is 551 g/mol. The maximum absolute atomic E-state index is 13.3. The molecule has 0 aliphatic rings. The predicted octanol–water partition coefficient (Wildman–Crippen LogP) is 6.14. The number of aryl methyl sites for hydroxylation is 1. The lowest BCUT2D eigenvalue weighted by atomic mass is 10.1. The Morgan fingerprint density at radius 2 is 1.55 bits per heavy atom. The van der Waals surface area contributed by atoms with Crippen molar-refractivity contribution in [2.45, 2.75) is 11.8 Å². The van der Waals surface area contributed by atoms with E-state index in [2.05, 4.69) is 16.0 Å². The molecule has 0 aliphatic carbocycles. The zero-order chi connectivity index (χ0) is 28.3. The Morgan fingerprint density at radius 3 is 2.27 bits per heavy atom. The number of benzene rings is 4. The lowest BCUT2D eigenvalue weighted by Gasteiger charge is -2.12. The third kappa shape index (κ3) is 8.34. The molecule has 0 saturated heterocycles. The molecule has 3 N–H and O–H groups in total. The second-order valence-electron chi connectivity index (χ2n) is 8.84. The third-order valence-corrected chi connectivity index (χ3v) is 6.73. The number of nitrogens with one attached hydrogen (secondary N) is 3. The lowest BCUT2D eigenvalue weighted by Crippen LogP contribution is -2.30. The highest BCUT2D eigenvalue weighted by molar-refractivity contribution is 8.00. The van der Waals surface area contributed by atoms with Gasteiger partial charge in [-0.25, -0.2) is 0 Å². The van der Waals surface area contributed by atoms with Crippen LogP contribution in [-0.4, -0.2) is 30.6 Å². The topological polar surface area (TPSA) is 96.5 Å². The van der Waals surface area contributed by atoms with Crippen molar-refractivity contribution < 1.29 is 19.1 Å². The number of anilines is 2. The molecule has 0 heterocycles. The van der Waals surface area contributed by atoms with E-state index in [-0.39, 0.29) is 17.4 Å². The summed E-state index contributed by atoms with van der Waals surface area (Å²) >= 11 is 1.39. The van der Waals surface area contributed by atoms with E-state index < -0.39 is 11.8 Å². The van der Waals surface area contributed by atoms with Crippen molar-refractivity contribution in [3.8, 4) is 5.75 Å². The van der Waals surface area contributed by atoms with Gasteiger partial charge in [0.25, 0.3) is 11.8 Å². The predicted molar refractivity (Wildman–Crippen MR) is 160 cm³/mol. The van der Waals surface area contributed by atoms with Gasteiger partial charge in [0, 0.05) is 21.8 Å². The molecule has 4 rings (SSSR count). The minimum absolute atomic E-state index is 0.0772. The maximum atomic E-state index is 13.3. The Labute approximate surface area is 237 Å². The van der Waals surface area contributed by atoms with E-state index in [1.54, 1.807) is 67.8 Å². The minimum Gasteiger partial charge on any atom is -0.497 e. The summed E-state index contributed by atoms with van der Waals surface area (Å²) in [5, 5.41) is 8.46. The Kier molecular flexibility index (Phi) is 9.74. The van der Waals surface area contributed by atoms with Crippen molar-refractivity contribution in [1.82, 2.24) is 5.32 Å². The molecule has 3 amide bonds. The van der Waals surface area contributed by atoms with E-state index in [4.69, 9.17) is 4.74 Å². The van der Waals surface area contributed by atoms with Crippen LogP contribution in [0.25, 0.3) is 6.08 Å². The van der Waals surface area contributed by atoms with Crippen LogP contribution in [0.3, 0.4) is 0 Å². The summed E-state index contributed by atoms with van der Waals surface area (Å²) in [7, 11) is 1.56. The average Bonchev–Trinajstić information content (AvgIpc) is 2.97. The summed E-state index contributed by atoms with van der Waals surface area (Å²) in [6.45, 7) is 1.97. The standard InChI is InChI=1S/C32H29N3O4S/c1-22-8-6-12-26(18-22)33-30(36)21-40-28-16-14-25(15-17-28)34-32(38)29(20-23-9-7-13-27(19-23)39-2)35-31(37)24-10-4-3-5-11-24/h3-20H,21H2,1-2H3,(H,33,36)(H,34,38)(H,35,37)/b29-20-. The molecule has 0 saturated carbocycles. The Balaban J connectivity index is 1.42. The van der Waals surface area contributed by atoms with Gasteiger partial charge in [0.2, 0.25) is 5.91 Å². The highest BCUT2D eigenvalue weighted by Crippen LogP contribution is 2.22. The second-order valence-corrected chi connectivity index (χ2v) is 9.89. The van der Waals surface area contributed by atoms with Crippen LogP contribution in [0.1, 0.15) is 21.5 Å². The molecule has 202 valence electrons. The molecular formula is C32H29N3O4S. The average molecular weight is 552 g/mol. The highest BCUT2D eigenvalue weighted by atomic mass is 32.2. The SMILES string of the molecule is COc1cccc(/C=C(\NC(=O)c2ccccc2)C(=O)Nc2ccc(SCC(=O)Nc3cccc(C)c3)cc2)c1. The number of thioether (sulfide) groups is 1. The van der Waals surface area contributed by atoms with Crippen molar-refractivity contribution in [3.05, 3.63) is 126 Å². The van der Waals surface area contributed by atoms with Crippen molar-refractivity contribution in [2.75, 3.05) is 23.5 Å². The van der Waals surface area contributed by atoms with Gasteiger partial charge in [0.15, 0.2) is 0 Å². The smallest absolute Gasteiger partial charge is 0.272 e. The first-order valence-electron chi connectivity index (χ1n) is 12.5. The summed E-state index contributed by atoms with van der Waals surface area (Å²) in [5.41, 5.74) is 3.58. The number of ether oxygens (including phenoxy) is 1. The molecule has 0 aromatic heterocycles. The molecule has 0 radical (unpaired) electrons. The van der Waals surface area contributed by atoms with Gasteiger partial charge in [0.05, 0.1) is 12.9 Å². The van der Waals surface area contributed by atoms with E-state index in [9.17, 15) is 14.4 Å². The minimum atomic E-state index is -0.481. The van der Waals surface area contributed by atoms with Crippen LogP contribution < -0.4 is 20.7 Å². The van der Waals surface area contributed by atoms with Gasteiger partial charge in [-0.05, 0) is 84.8 Å². The van der Waals surface area contributed by atoms with E-state index in [1.807, 2.05) is 55.5 Å². The molecule has 4 aromatic rings. The third-order valence-electron chi connectivity index (χ3n) is 5.72. The molecule has 7 nitrogen and oxygen atoms in total. The largest absolute Gasteiger partial charge is 0.497 e. The summed E-state index contributed by atoms with van der Waals surface area (Å²) in [5.74, 6) is -0.109. The fourth-order valence-corrected chi connectivity index (χ4v) is 4.44. The van der Waals surface area contributed by atoms with E-state index >= 15 is 0 Å². The van der Waals surface area contributed by atoms with E-state index in [1.165, 1.54) is 11.8 Å². The Hall–Kier alpha value is -4.82. The van der Waals surface area contributed by atoms with Gasteiger partial charge < -0.3 is 20.7 Å². The number of carbonyl (C=O) groups is 3. The molecule has 0 spiro atoms. The molecule has 0 bridgehead atoms.